The van der Waals surface area contributed by atoms with Crippen molar-refractivity contribution in [1.82, 2.24) is 9.62 Å². The van der Waals surface area contributed by atoms with E-state index in [1.54, 1.807) is 24.0 Å². The minimum Gasteiger partial charge on any atom is -0.387 e. The molecular weight excluding hydrogens is 412 g/mol. The second-order valence-electron chi connectivity index (χ2n) is 5.13. The Balaban J connectivity index is 2.85. The highest BCUT2D eigenvalue weighted by molar-refractivity contribution is 9.11. The summed E-state index contributed by atoms with van der Waals surface area (Å²) < 4.78 is 28.1. The second-order valence-corrected chi connectivity index (χ2v) is 8.64. The van der Waals surface area contributed by atoms with Gasteiger partial charge in [-0.2, -0.15) is 0 Å². The van der Waals surface area contributed by atoms with Crippen molar-refractivity contribution in [2.45, 2.75) is 17.4 Å². The van der Waals surface area contributed by atoms with Crippen LogP contribution in [0.1, 0.15) is 6.92 Å². The summed E-state index contributed by atoms with van der Waals surface area (Å²) in [6.07, 6.45) is 0. The van der Waals surface area contributed by atoms with E-state index in [0.29, 0.717) is 11.0 Å². The van der Waals surface area contributed by atoms with E-state index >= 15 is 0 Å². The highest BCUT2D eigenvalue weighted by atomic mass is 79.9. The van der Waals surface area contributed by atoms with Gasteiger partial charge in [0, 0.05) is 22.0 Å². The molecule has 0 amide bonds. The molecule has 0 saturated carbocycles. The Labute approximate surface area is 136 Å². The quantitative estimate of drug-likeness (QED) is 0.723. The van der Waals surface area contributed by atoms with Crippen LogP contribution < -0.4 is 4.72 Å². The van der Waals surface area contributed by atoms with Gasteiger partial charge in [0.15, 0.2) is 0 Å². The molecule has 1 aromatic carbocycles. The van der Waals surface area contributed by atoms with Crippen LogP contribution in [0.5, 0.6) is 0 Å². The first-order valence-corrected chi connectivity index (χ1v) is 8.92. The van der Waals surface area contributed by atoms with Gasteiger partial charge in [0.2, 0.25) is 10.0 Å². The Kier molecular flexibility index (Phi) is 6.18. The lowest BCUT2D eigenvalue weighted by atomic mass is 10.1. The van der Waals surface area contributed by atoms with Gasteiger partial charge in [-0.1, -0.05) is 15.9 Å². The third-order valence-electron chi connectivity index (χ3n) is 2.48. The predicted molar refractivity (Wildman–Crippen MR) is 86.2 cm³/mol. The zero-order valence-corrected chi connectivity index (χ0v) is 15.5. The van der Waals surface area contributed by atoms with Crippen molar-refractivity contribution >= 4 is 41.9 Å². The molecule has 2 N–H and O–H groups in total. The average Bonchev–Trinajstić information content (AvgIpc) is 2.24. The van der Waals surface area contributed by atoms with E-state index in [1.165, 1.54) is 6.07 Å². The number of benzene rings is 1. The molecule has 5 nitrogen and oxygen atoms in total. The van der Waals surface area contributed by atoms with Crippen molar-refractivity contribution in [2.75, 3.05) is 27.2 Å². The monoisotopic (exact) mass is 428 g/mol. The summed E-state index contributed by atoms with van der Waals surface area (Å²) in [7, 11) is -0.0454. The van der Waals surface area contributed by atoms with Gasteiger partial charge < -0.3 is 10.0 Å². The average molecular weight is 430 g/mol. The number of hydrogen-bond donors (Lipinski definition) is 2. The molecule has 8 heteroatoms. The topological polar surface area (TPSA) is 69.6 Å². The summed E-state index contributed by atoms with van der Waals surface area (Å²) in [4.78, 5) is 1.94. The SMILES string of the molecule is CN(C)CC(C)(O)CNS(=O)(=O)c1ccc(Br)cc1Br. The molecule has 0 aromatic heterocycles. The maximum Gasteiger partial charge on any atom is 0.241 e. The van der Waals surface area contributed by atoms with Crippen LogP contribution in [0.2, 0.25) is 0 Å². The Morgan fingerprint density at radius 3 is 2.45 bits per heavy atom. The number of rotatable bonds is 6. The normalized spacial score (nSPS) is 15.3. The van der Waals surface area contributed by atoms with Crippen molar-refractivity contribution in [1.29, 1.82) is 0 Å². The summed E-state index contributed by atoms with van der Waals surface area (Å²) in [6.45, 7) is 1.89. The first kappa shape index (κ1) is 18.1. The summed E-state index contributed by atoms with van der Waals surface area (Å²) in [6, 6.07) is 4.81. The van der Waals surface area contributed by atoms with E-state index < -0.39 is 15.6 Å². The molecular formula is C12H18Br2N2O3S. The third-order valence-corrected chi connectivity index (χ3v) is 5.35. The van der Waals surface area contributed by atoms with Gasteiger partial charge in [-0.15, -0.1) is 0 Å². The van der Waals surface area contributed by atoms with Crippen LogP contribution in [0.25, 0.3) is 0 Å². The lowest BCUT2D eigenvalue weighted by Crippen LogP contribution is -2.47. The molecule has 114 valence electrons. The van der Waals surface area contributed by atoms with E-state index in [4.69, 9.17) is 0 Å². The lowest BCUT2D eigenvalue weighted by Gasteiger charge is -2.27. The van der Waals surface area contributed by atoms with Gasteiger partial charge in [0.25, 0.3) is 0 Å². The van der Waals surface area contributed by atoms with Gasteiger partial charge >= 0.3 is 0 Å². The Bertz CT molecular complexity index is 574. The van der Waals surface area contributed by atoms with Crippen LogP contribution >= 0.6 is 31.9 Å². The summed E-state index contributed by atoms with van der Waals surface area (Å²) in [5.41, 5.74) is -1.14. The van der Waals surface area contributed by atoms with Crippen molar-refractivity contribution < 1.29 is 13.5 Å². The minimum atomic E-state index is -3.67. The van der Waals surface area contributed by atoms with Crippen LogP contribution in [-0.2, 0) is 10.0 Å². The Hall–Kier alpha value is 0.01000. The van der Waals surface area contributed by atoms with Crippen LogP contribution in [0.15, 0.2) is 32.0 Å². The van der Waals surface area contributed by atoms with Crippen molar-refractivity contribution in [3.05, 3.63) is 27.1 Å². The molecule has 0 heterocycles. The Morgan fingerprint density at radius 1 is 1.35 bits per heavy atom. The maximum absolute atomic E-state index is 12.2. The summed E-state index contributed by atoms with van der Waals surface area (Å²) in [5.74, 6) is 0. The number of sulfonamides is 1. The van der Waals surface area contributed by atoms with E-state index in [9.17, 15) is 13.5 Å². The summed E-state index contributed by atoms with van der Waals surface area (Å²) >= 11 is 6.49. The number of hydrogen-bond acceptors (Lipinski definition) is 4. The van der Waals surface area contributed by atoms with E-state index in [2.05, 4.69) is 36.6 Å². The molecule has 0 aliphatic heterocycles. The van der Waals surface area contributed by atoms with Gasteiger partial charge in [-0.25, -0.2) is 13.1 Å². The number of likely N-dealkylation sites (N-methyl/N-ethyl adjacent to an activating group) is 1. The molecule has 0 bridgehead atoms. The maximum atomic E-state index is 12.2. The predicted octanol–water partition coefficient (Wildman–Crippen LogP) is 1.80. The summed E-state index contributed by atoms with van der Waals surface area (Å²) in [5, 5.41) is 10.1. The lowest BCUT2D eigenvalue weighted by molar-refractivity contribution is 0.0386. The van der Waals surface area contributed by atoms with E-state index in [0.717, 1.165) is 4.47 Å². The molecule has 1 unspecified atom stereocenters. The number of aliphatic hydroxyl groups is 1. The molecule has 0 radical (unpaired) electrons. The van der Waals surface area contributed by atoms with Crippen LogP contribution in [0.4, 0.5) is 0 Å². The molecule has 20 heavy (non-hydrogen) atoms. The van der Waals surface area contributed by atoms with Gasteiger partial charge in [-0.05, 0) is 55.1 Å². The van der Waals surface area contributed by atoms with Gasteiger partial charge in [0.05, 0.1) is 10.5 Å². The van der Waals surface area contributed by atoms with Gasteiger partial charge in [-0.3, -0.25) is 0 Å². The number of halogens is 2. The second kappa shape index (κ2) is 6.85. The fourth-order valence-corrected chi connectivity index (χ4v) is 4.66. The largest absolute Gasteiger partial charge is 0.387 e. The highest BCUT2D eigenvalue weighted by Crippen LogP contribution is 2.25. The van der Waals surface area contributed by atoms with Crippen molar-refractivity contribution in [3.63, 3.8) is 0 Å². The molecule has 1 atom stereocenters. The molecule has 0 spiro atoms. The highest BCUT2D eigenvalue weighted by Gasteiger charge is 2.25. The smallest absolute Gasteiger partial charge is 0.241 e. The number of nitrogens with zero attached hydrogens (tertiary/aromatic N) is 1. The number of nitrogens with one attached hydrogen (secondary N) is 1. The molecule has 0 fully saturated rings. The minimum absolute atomic E-state index is 0.0595. The first-order chi connectivity index (χ1) is 9.03. The van der Waals surface area contributed by atoms with Crippen LogP contribution in [0, 0.1) is 0 Å². The molecule has 1 aromatic rings. The molecule has 1 rings (SSSR count). The van der Waals surface area contributed by atoms with Crippen LogP contribution in [-0.4, -0.2) is 51.2 Å². The third kappa shape index (κ3) is 5.42. The fourth-order valence-electron chi connectivity index (χ4n) is 1.76. The zero-order valence-electron chi connectivity index (χ0n) is 11.5. The molecule has 0 saturated heterocycles. The Morgan fingerprint density at radius 2 is 1.95 bits per heavy atom. The van der Waals surface area contributed by atoms with Crippen molar-refractivity contribution in [2.24, 2.45) is 0 Å². The molecule has 0 aliphatic carbocycles. The van der Waals surface area contributed by atoms with Gasteiger partial charge in [0.1, 0.15) is 0 Å². The van der Waals surface area contributed by atoms with Crippen LogP contribution in [0.3, 0.4) is 0 Å². The fraction of sp³-hybridized carbons (Fsp3) is 0.500. The van der Waals surface area contributed by atoms with E-state index in [-0.39, 0.29) is 11.4 Å². The first-order valence-electron chi connectivity index (χ1n) is 5.85. The van der Waals surface area contributed by atoms with Crippen molar-refractivity contribution in [3.8, 4) is 0 Å². The zero-order chi connectivity index (χ0) is 15.6. The van der Waals surface area contributed by atoms with E-state index in [1.807, 2.05) is 14.1 Å². The molecule has 0 aliphatic rings. The standard InChI is InChI=1S/C12H18Br2N2O3S/c1-12(17,8-16(2)3)7-15-20(18,19)11-5-4-9(13)6-10(11)14/h4-6,15,17H,7-8H2,1-3H3.